The van der Waals surface area contributed by atoms with Crippen LogP contribution in [0, 0.1) is 0 Å². The van der Waals surface area contributed by atoms with Crippen molar-refractivity contribution >= 4 is 27.4 Å². The van der Waals surface area contributed by atoms with Gasteiger partial charge in [0.1, 0.15) is 0 Å². The zero-order valence-electron chi connectivity index (χ0n) is 17.7. The number of sulfone groups is 1. The summed E-state index contributed by atoms with van der Waals surface area (Å²) in [6, 6.07) is 17.6. The first-order valence-corrected chi connectivity index (χ1v) is 12.5. The number of aliphatic hydroxyl groups excluding tert-OH is 1. The Bertz CT molecular complexity index is 1270. The van der Waals surface area contributed by atoms with Gasteiger partial charge in [-0.25, -0.2) is 13.2 Å². The number of nitrogens with one attached hydrogen (secondary N) is 1. The summed E-state index contributed by atoms with van der Waals surface area (Å²) < 4.78 is 26.1. The molecule has 172 valence electrons. The third kappa shape index (κ3) is 5.28. The first kappa shape index (κ1) is 23.4. The van der Waals surface area contributed by atoms with Crippen LogP contribution in [0.2, 0.25) is 5.02 Å². The number of aliphatic hydroxyl groups is 1. The minimum absolute atomic E-state index is 0.0354. The fourth-order valence-electron chi connectivity index (χ4n) is 4.10. The van der Waals surface area contributed by atoms with E-state index in [0.717, 1.165) is 29.5 Å². The van der Waals surface area contributed by atoms with Crippen LogP contribution in [-0.2, 0) is 22.7 Å². The minimum atomic E-state index is -3.76. The summed E-state index contributed by atoms with van der Waals surface area (Å²) in [4.78, 5) is 11.3. The zero-order valence-corrected chi connectivity index (χ0v) is 19.3. The summed E-state index contributed by atoms with van der Waals surface area (Å²) in [7, 11) is -3.76. The molecule has 0 amide bonds. The molecule has 3 aromatic carbocycles. The van der Waals surface area contributed by atoms with Gasteiger partial charge in [-0.1, -0.05) is 29.8 Å². The molecule has 0 saturated carbocycles. The lowest BCUT2D eigenvalue weighted by Crippen LogP contribution is -2.37. The highest BCUT2D eigenvalue weighted by atomic mass is 35.5. The molecule has 0 aromatic heterocycles. The maximum atomic E-state index is 13.1. The van der Waals surface area contributed by atoms with Crippen molar-refractivity contribution in [1.82, 2.24) is 5.32 Å². The van der Waals surface area contributed by atoms with Crippen LogP contribution in [0.1, 0.15) is 39.6 Å². The Morgan fingerprint density at radius 1 is 1.03 bits per heavy atom. The Balaban J connectivity index is 1.47. The van der Waals surface area contributed by atoms with E-state index in [0.29, 0.717) is 18.0 Å². The lowest BCUT2D eigenvalue weighted by Gasteiger charge is -2.27. The molecule has 0 aliphatic heterocycles. The lowest BCUT2D eigenvalue weighted by molar-refractivity contribution is 0.0696. The number of aryl methyl sites for hydroxylation is 1. The molecular formula is C25H24ClNO5S. The van der Waals surface area contributed by atoms with Gasteiger partial charge in [-0.05, 0) is 84.5 Å². The van der Waals surface area contributed by atoms with E-state index in [1.807, 2.05) is 12.1 Å². The molecule has 0 unspecified atom stereocenters. The van der Waals surface area contributed by atoms with Crippen molar-refractivity contribution < 1.29 is 23.4 Å². The lowest BCUT2D eigenvalue weighted by atomic mass is 9.88. The van der Waals surface area contributed by atoms with Gasteiger partial charge in [0.05, 0.1) is 21.5 Å². The van der Waals surface area contributed by atoms with E-state index in [1.165, 1.54) is 24.3 Å². The molecule has 0 fully saturated rings. The normalized spacial score (nSPS) is 16.7. The van der Waals surface area contributed by atoms with Crippen molar-refractivity contribution in [3.05, 3.63) is 94.0 Å². The van der Waals surface area contributed by atoms with E-state index >= 15 is 0 Å². The molecule has 4 rings (SSSR count). The summed E-state index contributed by atoms with van der Waals surface area (Å²) in [5, 5.41) is 23.5. The maximum Gasteiger partial charge on any atom is 0.335 e. The molecule has 0 heterocycles. The molecule has 0 saturated heterocycles. The number of rotatable bonds is 7. The predicted octanol–water partition coefficient (Wildman–Crippen LogP) is 4.05. The Hall–Kier alpha value is -2.71. The van der Waals surface area contributed by atoms with Crippen molar-refractivity contribution in [2.24, 2.45) is 0 Å². The fourth-order valence-corrected chi connectivity index (χ4v) is 5.61. The van der Waals surface area contributed by atoms with Gasteiger partial charge in [-0.15, -0.1) is 0 Å². The number of carboxylic acids is 1. The van der Waals surface area contributed by atoms with E-state index in [2.05, 4.69) is 5.32 Å². The highest BCUT2D eigenvalue weighted by Crippen LogP contribution is 2.28. The topological polar surface area (TPSA) is 104 Å². The number of hydrogen-bond donors (Lipinski definition) is 3. The number of benzene rings is 3. The summed E-state index contributed by atoms with van der Waals surface area (Å²) in [5.74, 6) is -1.10. The molecule has 0 radical (unpaired) electrons. The van der Waals surface area contributed by atoms with Crippen LogP contribution in [0.3, 0.4) is 0 Å². The summed E-state index contributed by atoms with van der Waals surface area (Å²) in [6.07, 6.45) is 1.66. The Morgan fingerprint density at radius 2 is 1.76 bits per heavy atom. The first-order valence-electron chi connectivity index (χ1n) is 10.6. The smallest absolute Gasteiger partial charge is 0.335 e. The Labute approximate surface area is 197 Å². The number of halogens is 1. The SMILES string of the molecule is O=C(O)c1ccc(S(=O)(=O)c2ccc3c(c2)C[C@@H](NC[C@H](O)c2cccc(Cl)c2)CC3)cc1. The standard InChI is InChI=1S/C25H24ClNO5S/c26-20-3-1-2-18(12-20)24(28)15-27-21-8-4-16-5-11-23(14-19(16)13-21)33(31,32)22-9-6-17(7-10-22)25(29)30/h1-3,5-7,9-12,14,21,24,27-28H,4,8,13,15H2,(H,29,30)/t21-,24-/m0/s1. The van der Waals surface area contributed by atoms with Gasteiger partial charge in [-0.2, -0.15) is 0 Å². The molecule has 0 spiro atoms. The van der Waals surface area contributed by atoms with E-state index < -0.39 is 21.9 Å². The van der Waals surface area contributed by atoms with Crippen LogP contribution < -0.4 is 5.32 Å². The second-order valence-corrected chi connectivity index (χ2v) is 10.6. The molecule has 3 N–H and O–H groups in total. The van der Waals surface area contributed by atoms with Crippen LogP contribution in [0.25, 0.3) is 0 Å². The molecule has 1 aliphatic carbocycles. The van der Waals surface area contributed by atoms with Crippen LogP contribution in [0.15, 0.2) is 76.5 Å². The van der Waals surface area contributed by atoms with Crippen LogP contribution in [0.4, 0.5) is 0 Å². The first-order chi connectivity index (χ1) is 15.7. The number of carboxylic acid groups (broad SMARTS) is 1. The Morgan fingerprint density at radius 3 is 2.45 bits per heavy atom. The van der Waals surface area contributed by atoms with Crippen molar-refractivity contribution in [2.75, 3.05) is 6.54 Å². The summed E-state index contributed by atoms with van der Waals surface area (Å²) in [5.41, 5.74) is 2.85. The average Bonchev–Trinajstić information content (AvgIpc) is 2.82. The third-order valence-corrected chi connectivity index (χ3v) is 7.96. The predicted molar refractivity (Wildman–Crippen MR) is 126 cm³/mol. The van der Waals surface area contributed by atoms with E-state index in [9.17, 15) is 18.3 Å². The highest BCUT2D eigenvalue weighted by Gasteiger charge is 2.24. The third-order valence-electron chi connectivity index (χ3n) is 5.96. The van der Waals surface area contributed by atoms with Crippen LogP contribution >= 0.6 is 11.6 Å². The van der Waals surface area contributed by atoms with Gasteiger partial charge in [-0.3, -0.25) is 0 Å². The summed E-state index contributed by atoms with van der Waals surface area (Å²) in [6.45, 7) is 0.369. The molecule has 3 aromatic rings. The second kappa shape index (κ2) is 9.65. The van der Waals surface area contributed by atoms with Crippen molar-refractivity contribution in [3.8, 4) is 0 Å². The zero-order chi connectivity index (χ0) is 23.6. The molecular weight excluding hydrogens is 462 g/mol. The average molecular weight is 486 g/mol. The van der Waals surface area contributed by atoms with Crippen LogP contribution in [-0.4, -0.2) is 37.2 Å². The number of hydrogen-bond acceptors (Lipinski definition) is 5. The van der Waals surface area contributed by atoms with Gasteiger partial charge in [0.2, 0.25) is 9.84 Å². The maximum absolute atomic E-state index is 13.1. The van der Waals surface area contributed by atoms with Gasteiger partial charge in [0.15, 0.2) is 0 Å². The largest absolute Gasteiger partial charge is 0.478 e. The number of fused-ring (bicyclic) bond motifs is 1. The second-order valence-electron chi connectivity index (χ2n) is 8.18. The van der Waals surface area contributed by atoms with E-state index in [-0.39, 0.29) is 21.4 Å². The minimum Gasteiger partial charge on any atom is -0.478 e. The molecule has 6 nitrogen and oxygen atoms in total. The van der Waals surface area contributed by atoms with Crippen molar-refractivity contribution in [2.45, 2.75) is 41.2 Å². The van der Waals surface area contributed by atoms with Gasteiger partial charge in [0, 0.05) is 17.6 Å². The van der Waals surface area contributed by atoms with E-state index in [4.69, 9.17) is 16.7 Å². The highest BCUT2D eigenvalue weighted by molar-refractivity contribution is 7.91. The number of carbonyl (C=O) groups is 1. The van der Waals surface area contributed by atoms with Crippen molar-refractivity contribution in [3.63, 3.8) is 0 Å². The monoisotopic (exact) mass is 485 g/mol. The summed E-state index contributed by atoms with van der Waals surface area (Å²) >= 11 is 6.00. The van der Waals surface area contributed by atoms with Crippen molar-refractivity contribution in [1.29, 1.82) is 0 Å². The molecule has 8 heteroatoms. The van der Waals surface area contributed by atoms with E-state index in [1.54, 1.807) is 30.3 Å². The van der Waals surface area contributed by atoms with Gasteiger partial charge >= 0.3 is 5.97 Å². The van der Waals surface area contributed by atoms with Gasteiger partial charge < -0.3 is 15.5 Å². The number of aromatic carboxylic acids is 1. The fraction of sp³-hybridized carbons (Fsp3) is 0.240. The molecule has 33 heavy (non-hydrogen) atoms. The molecule has 2 atom stereocenters. The van der Waals surface area contributed by atoms with Crippen LogP contribution in [0.5, 0.6) is 0 Å². The molecule has 0 bridgehead atoms. The molecule has 1 aliphatic rings. The quantitative estimate of drug-likeness (QED) is 0.466. The van der Waals surface area contributed by atoms with Gasteiger partial charge in [0.25, 0.3) is 0 Å². The Kier molecular flexibility index (Phi) is 6.86.